The van der Waals surface area contributed by atoms with E-state index in [9.17, 15) is 13.2 Å². The van der Waals surface area contributed by atoms with E-state index in [4.69, 9.17) is 0 Å². The molecule has 1 unspecified atom stereocenters. The van der Waals surface area contributed by atoms with E-state index in [1.165, 1.54) is 6.07 Å². The van der Waals surface area contributed by atoms with Gasteiger partial charge in [-0.2, -0.15) is 0 Å². The molecule has 20 heavy (non-hydrogen) atoms. The number of halogens is 1. The number of benzene rings is 1. The van der Waals surface area contributed by atoms with Gasteiger partial charge in [-0.05, 0) is 37.6 Å². The summed E-state index contributed by atoms with van der Waals surface area (Å²) in [6.07, 6.45) is 2.05. The van der Waals surface area contributed by atoms with Crippen LogP contribution in [0, 0.1) is 6.92 Å². The topological polar surface area (TPSA) is 75.3 Å². The van der Waals surface area contributed by atoms with E-state index in [-0.39, 0.29) is 29.3 Å². The number of hydrogen-bond donors (Lipinski definition) is 2. The minimum Gasteiger partial charge on any atom is -0.348 e. The molecule has 1 saturated heterocycles. The summed E-state index contributed by atoms with van der Waals surface area (Å²) in [6, 6.07) is 4.89. The van der Waals surface area contributed by atoms with Crippen molar-refractivity contribution in [2.75, 3.05) is 19.3 Å². The fourth-order valence-corrected chi connectivity index (χ4v) is 3.18. The lowest BCUT2D eigenvalue weighted by Crippen LogP contribution is -2.36. The van der Waals surface area contributed by atoms with Gasteiger partial charge < -0.3 is 10.6 Å². The lowest BCUT2D eigenvalue weighted by atomic mass is 10.1. The minimum absolute atomic E-state index is 0. The molecule has 7 heteroatoms. The molecule has 0 spiro atoms. The smallest absolute Gasteiger partial charge is 0.251 e. The summed E-state index contributed by atoms with van der Waals surface area (Å²) in [5, 5.41) is 6.06. The van der Waals surface area contributed by atoms with Crippen molar-refractivity contribution in [3.05, 3.63) is 29.3 Å². The van der Waals surface area contributed by atoms with Crippen LogP contribution in [-0.4, -0.2) is 39.7 Å². The van der Waals surface area contributed by atoms with E-state index in [2.05, 4.69) is 10.6 Å². The molecule has 1 fully saturated rings. The number of rotatable bonds is 3. The molecule has 2 rings (SSSR count). The molecule has 1 amide bonds. The summed E-state index contributed by atoms with van der Waals surface area (Å²) in [7, 11) is -3.31. The van der Waals surface area contributed by atoms with Gasteiger partial charge in [-0.1, -0.05) is 6.07 Å². The van der Waals surface area contributed by atoms with Crippen molar-refractivity contribution in [2.45, 2.75) is 24.3 Å². The molecule has 0 radical (unpaired) electrons. The fraction of sp³-hybridized carbons (Fsp3) is 0.462. The van der Waals surface area contributed by atoms with Gasteiger partial charge in [-0.15, -0.1) is 12.4 Å². The first-order chi connectivity index (χ1) is 8.88. The fourth-order valence-electron chi connectivity index (χ4n) is 2.19. The zero-order chi connectivity index (χ0) is 14.0. The number of carbonyl (C=O) groups is 1. The maximum absolute atomic E-state index is 12.1. The second-order valence-corrected chi connectivity index (χ2v) is 6.90. The van der Waals surface area contributed by atoms with Crippen molar-refractivity contribution in [2.24, 2.45) is 0 Å². The van der Waals surface area contributed by atoms with E-state index < -0.39 is 9.84 Å². The second kappa shape index (κ2) is 6.56. The molecular weight excluding hydrogens is 300 g/mol. The van der Waals surface area contributed by atoms with Gasteiger partial charge >= 0.3 is 0 Å². The normalized spacial score (nSPS) is 18.4. The highest BCUT2D eigenvalue weighted by atomic mass is 35.5. The van der Waals surface area contributed by atoms with Crippen molar-refractivity contribution in [3.63, 3.8) is 0 Å². The summed E-state index contributed by atoms with van der Waals surface area (Å²) in [4.78, 5) is 12.3. The Kier molecular flexibility index (Phi) is 5.56. The Bertz CT molecular complexity index is 596. The molecule has 0 bridgehead atoms. The number of sulfone groups is 1. The molecule has 1 aromatic carbocycles. The van der Waals surface area contributed by atoms with Crippen molar-refractivity contribution in [3.8, 4) is 0 Å². The molecule has 2 N–H and O–H groups in total. The molecule has 112 valence electrons. The summed E-state index contributed by atoms with van der Waals surface area (Å²) < 4.78 is 23.3. The molecule has 0 saturated carbocycles. The molecule has 0 aliphatic carbocycles. The van der Waals surface area contributed by atoms with E-state index >= 15 is 0 Å². The average molecular weight is 319 g/mol. The Morgan fingerprint density at radius 2 is 2.10 bits per heavy atom. The molecule has 0 aromatic heterocycles. The summed E-state index contributed by atoms with van der Waals surface area (Å²) in [5.74, 6) is -0.224. The van der Waals surface area contributed by atoms with Crippen LogP contribution in [0.3, 0.4) is 0 Å². The van der Waals surface area contributed by atoms with Gasteiger partial charge in [-0.25, -0.2) is 8.42 Å². The highest BCUT2D eigenvalue weighted by molar-refractivity contribution is 7.90. The maximum Gasteiger partial charge on any atom is 0.251 e. The Hall–Kier alpha value is -1.11. The van der Waals surface area contributed by atoms with Crippen LogP contribution in [0.5, 0.6) is 0 Å². The van der Waals surface area contributed by atoms with E-state index in [1.54, 1.807) is 19.1 Å². The molecule has 5 nitrogen and oxygen atoms in total. The Labute approximate surface area is 125 Å². The van der Waals surface area contributed by atoms with E-state index in [0.29, 0.717) is 11.1 Å². The first-order valence-electron chi connectivity index (χ1n) is 6.20. The largest absolute Gasteiger partial charge is 0.348 e. The Morgan fingerprint density at radius 3 is 2.65 bits per heavy atom. The maximum atomic E-state index is 12.1. The summed E-state index contributed by atoms with van der Waals surface area (Å²) >= 11 is 0. The third-order valence-electron chi connectivity index (χ3n) is 3.25. The number of hydrogen-bond acceptors (Lipinski definition) is 4. The summed E-state index contributed by atoms with van der Waals surface area (Å²) in [5.41, 5.74) is 1.04. The van der Waals surface area contributed by atoms with Gasteiger partial charge in [0.15, 0.2) is 9.84 Å². The Morgan fingerprint density at radius 1 is 1.40 bits per heavy atom. The lowest BCUT2D eigenvalue weighted by molar-refractivity contribution is 0.0940. The van der Waals surface area contributed by atoms with E-state index in [0.717, 1.165) is 25.8 Å². The van der Waals surface area contributed by atoms with Gasteiger partial charge in [0.1, 0.15) is 0 Å². The highest BCUT2D eigenvalue weighted by Gasteiger charge is 2.19. The molecule has 1 aliphatic heterocycles. The van der Waals surface area contributed by atoms with Gasteiger partial charge in [-0.3, -0.25) is 4.79 Å². The van der Waals surface area contributed by atoms with Gasteiger partial charge in [0.25, 0.3) is 5.91 Å². The Balaban J connectivity index is 0.00000200. The van der Waals surface area contributed by atoms with Crippen LogP contribution in [0.15, 0.2) is 23.1 Å². The van der Waals surface area contributed by atoms with Crippen molar-refractivity contribution in [1.82, 2.24) is 10.6 Å². The average Bonchev–Trinajstić information content (AvgIpc) is 2.80. The molecular formula is C13H19ClN2O3S. The van der Waals surface area contributed by atoms with Gasteiger partial charge in [0, 0.05) is 24.4 Å². The number of nitrogens with one attached hydrogen (secondary N) is 2. The van der Waals surface area contributed by atoms with Crippen LogP contribution in [0.25, 0.3) is 0 Å². The van der Waals surface area contributed by atoms with Crippen LogP contribution in [-0.2, 0) is 9.84 Å². The molecule has 1 aliphatic rings. The second-order valence-electron chi connectivity index (χ2n) is 4.92. The van der Waals surface area contributed by atoms with Crippen molar-refractivity contribution >= 4 is 28.2 Å². The summed E-state index contributed by atoms with van der Waals surface area (Å²) in [6.45, 7) is 3.38. The van der Waals surface area contributed by atoms with Gasteiger partial charge in [0.2, 0.25) is 0 Å². The van der Waals surface area contributed by atoms with Crippen LogP contribution >= 0.6 is 12.4 Å². The van der Waals surface area contributed by atoms with Crippen molar-refractivity contribution < 1.29 is 13.2 Å². The van der Waals surface area contributed by atoms with Crippen LogP contribution in [0.4, 0.5) is 0 Å². The SMILES string of the molecule is Cc1ccc(C(=O)NC2CCNC2)cc1S(C)(=O)=O.Cl. The third kappa shape index (κ3) is 3.94. The van der Waals surface area contributed by atoms with Crippen LogP contribution in [0.1, 0.15) is 22.3 Å². The number of carbonyl (C=O) groups excluding carboxylic acids is 1. The lowest BCUT2D eigenvalue weighted by Gasteiger charge is -2.12. The number of aryl methyl sites for hydroxylation is 1. The predicted octanol–water partition coefficient (Wildman–Crippen LogP) is 0.912. The minimum atomic E-state index is -3.31. The van der Waals surface area contributed by atoms with Gasteiger partial charge in [0.05, 0.1) is 4.90 Å². The highest BCUT2D eigenvalue weighted by Crippen LogP contribution is 2.17. The number of amides is 1. The third-order valence-corrected chi connectivity index (χ3v) is 4.48. The first kappa shape index (κ1) is 16.9. The van der Waals surface area contributed by atoms with E-state index in [1.807, 2.05) is 0 Å². The van der Waals surface area contributed by atoms with Crippen LogP contribution < -0.4 is 10.6 Å². The zero-order valence-corrected chi connectivity index (χ0v) is 13.1. The predicted molar refractivity (Wildman–Crippen MR) is 80.3 cm³/mol. The zero-order valence-electron chi connectivity index (χ0n) is 11.5. The molecule has 1 aromatic rings. The first-order valence-corrected chi connectivity index (χ1v) is 8.09. The van der Waals surface area contributed by atoms with Crippen molar-refractivity contribution in [1.29, 1.82) is 0 Å². The monoisotopic (exact) mass is 318 g/mol. The van der Waals surface area contributed by atoms with Crippen LogP contribution in [0.2, 0.25) is 0 Å². The standard InChI is InChI=1S/C13H18N2O3S.ClH/c1-9-3-4-10(7-12(9)19(2,17)18)13(16)15-11-5-6-14-8-11;/h3-4,7,11,14H,5-6,8H2,1-2H3,(H,15,16);1H. The molecule has 1 atom stereocenters. The molecule has 1 heterocycles. The quantitative estimate of drug-likeness (QED) is 0.868.